The topological polar surface area (TPSA) is 92.2 Å². The number of aromatic carboxylic acids is 1. The van der Waals surface area contributed by atoms with E-state index in [0.29, 0.717) is 5.56 Å². The molecule has 90 valence electrons. The van der Waals surface area contributed by atoms with Gasteiger partial charge in [-0.05, 0) is 24.3 Å². The number of nitrogens with one attached hydrogen (secondary N) is 1. The van der Waals surface area contributed by atoms with Crippen molar-refractivity contribution in [2.24, 2.45) is 0 Å². The largest absolute Gasteiger partial charge is 0.478 e. The van der Waals surface area contributed by atoms with Crippen molar-refractivity contribution in [2.45, 2.75) is 0 Å². The van der Waals surface area contributed by atoms with Gasteiger partial charge in [0.2, 0.25) is 0 Å². The second kappa shape index (κ2) is 5.05. The Morgan fingerprint density at radius 3 is 2.61 bits per heavy atom. The van der Waals surface area contributed by atoms with Crippen LogP contribution in [0, 0.1) is 0 Å². The fourth-order valence-corrected chi connectivity index (χ4v) is 1.35. The molecule has 0 unspecified atom stereocenters. The Kier molecular flexibility index (Phi) is 3.29. The molecule has 0 aliphatic heterocycles. The maximum Gasteiger partial charge on any atom is 0.339 e. The molecule has 0 atom stereocenters. The Hall–Kier alpha value is -2.76. The van der Waals surface area contributed by atoms with Gasteiger partial charge in [-0.1, -0.05) is 0 Å². The maximum atomic E-state index is 11.8. The molecule has 2 N–H and O–H groups in total. The fraction of sp³-hybridized carbons (Fsp3) is 0. The molecule has 1 amide bonds. The molecule has 6 heteroatoms. The van der Waals surface area contributed by atoms with Crippen LogP contribution in [0.4, 0.5) is 5.82 Å². The van der Waals surface area contributed by atoms with Crippen LogP contribution in [-0.2, 0) is 0 Å². The molecule has 0 radical (unpaired) electrons. The number of nitrogens with zero attached hydrogens (tertiary/aromatic N) is 2. The van der Waals surface area contributed by atoms with E-state index < -0.39 is 11.9 Å². The van der Waals surface area contributed by atoms with Crippen molar-refractivity contribution >= 4 is 17.7 Å². The van der Waals surface area contributed by atoms with Gasteiger partial charge in [0.25, 0.3) is 5.91 Å². The molecule has 6 nitrogen and oxygen atoms in total. The minimum absolute atomic E-state index is 0.0128. The SMILES string of the molecule is O=C(Nc1ncccc1C(=O)O)c1cccnc1. The van der Waals surface area contributed by atoms with Gasteiger partial charge in [-0.25, -0.2) is 9.78 Å². The van der Waals surface area contributed by atoms with E-state index in [1.165, 1.54) is 24.5 Å². The van der Waals surface area contributed by atoms with E-state index in [1.54, 1.807) is 18.3 Å². The summed E-state index contributed by atoms with van der Waals surface area (Å²) >= 11 is 0. The van der Waals surface area contributed by atoms with Gasteiger partial charge < -0.3 is 10.4 Å². The number of amides is 1. The summed E-state index contributed by atoms with van der Waals surface area (Å²) in [6.07, 6.45) is 4.34. The van der Waals surface area contributed by atoms with Crippen molar-refractivity contribution in [2.75, 3.05) is 5.32 Å². The summed E-state index contributed by atoms with van der Waals surface area (Å²) in [4.78, 5) is 30.4. The minimum Gasteiger partial charge on any atom is -0.478 e. The lowest BCUT2D eigenvalue weighted by Gasteiger charge is -2.06. The van der Waals surface area contributed by atoms with E-state index in [9.17, 15) is 9.59 Å². The average molecular weight is 243 g/mol. The first-order valence-electron chi connectivity index (χ1n) is 5.08. The van der Waals surface area contributed by atoms with Crippen LogP contribution in [-0.4, -0.2) is 27.0 Å². The molecule has 0 aromatic carbocycles. The van der Waals surface area contributed by atoms with Gasteiger partial charge >= 0.3 is 5.97 Å². The molecular weight excluding hydrogens is 234 g/mol. The number of anilines is 1. The summed E-state index contributed by atoms with van der Waals surface area (Å²) in [5.41, 5.74) is 0.272. The maximum absolute atomic E-state index is 11.8. The molecule has 2 rings (SSSR count). The van der Waals surface area contributed by atoms with Crippen molar-refractivity contribution in [3.05, 3.63) is 54.0 Å². The molecule has 0 bridgehead atoms. The van der Waals surface area contributed by atoms with E-state index in [4.69, 9.17) is 5.11 Å². The normalized spacial score (nSPS) is 9.78. The number of hydrogen-bond acceptors (Lipinski definition) is 4. The molecule has 2 aromatic heterocycles. The van der Waals surface area contributed by atoms with Crippen LogP contribution in [0.1, 0.15) is 20.7 Å². The van der Waals surface area contributed by atoms with E-state index in [1.807, 2.05) is 0 Å². The highest BCUT2D eigenvalue weighted by atomic mass is 16.4. The summed E-state index contributed by atoms with van der Waals surface area (Å²) < 4.78 is 0. The van der Waals surface area contributed by atoms with Crippen molar-refractivity contribution in [3.63, 3.8) is 0 Å². The first kappa shape index (κ1) is 11.7. The van der Waals surface area contributed by atoms with Crippen LogP contribution in [0.15, 0.2) is 42.9 Å². The van der Waals surface area contributed by atoms with E-state index in [0.717, 1.165) is 0 Å². The molecule has 0 fully saturated rings. The van der Waals surface area contributed by atoms with E-state index in [-0.39, 0.29) is 11.4 Å². The van der Waals surface area contributed by atoms with Gasteiger partial charge in [-0.2, -0.15) is 0 Å². The molecule has 18 heavy (non-hydrogen) atoms. The van der Waals surface area contributed by atoms with Gasteiger partial charge in [0.1, 0.15) is 11.4 Å². The van der Waals surface area contributed by atoms with Gasteiger partial charge in [0.15, 0.2) is 0 Å². The standard InChI is InChI=1S/C12H9N3O3/c16-11(8-3-1-5-13-7-8)15-10-9(12(17)18)4-2-6-14-10/h1-7H,(H,17,18)(H,14,15,16). The Labute approximate surface area is 102 Å². The fourth-order valence-electron chi connectivity index (χ4n) is 1.35. The number of carbonyl (C=O) groups is 2. The lowest BCUT2D eigenvalue weighted by atomic mass is 10.2. The van der Waals surface area contributed by atoms with Crippen LogP contribution in [0.3, 0.4) is 0 Å². The lowest BCUT2D eigenvalue weighted by Crippen LogP contribution is -2.16. The highest BCUT2D eigenvalue weighted by Gasteiger charge is 2.14. The Balaban J connectivity index is 2.25. The second-order valence-electron chi connectivity index (χ2n) is 3.40. The summed E-state index contributed by atoms with van der Waals surface area (Å²) in [6.45, 7) is 0. The third kappa shape index (κ3) is 2.49. The van der Waals surface area contributed by atoms with E-state index >= 15 is 0 Å². The predicted molar refractivity (Wildman–Crippen MR) is 63.4 cm³/mol. The Morgan fingerprint density at radius 2 is 1.94 bits per heavy atom. The predicted octanol–water partition coefficient (Wildman–Crippen LogP) is 1.43. The third-order valence-corrected chi connectivity index (χ3v) is 2.19. The number of carboxylic acid groups (broad SMARTS) is 1. The quantitative estimate of drug-likeness (QED) is 0.850. The number of hydrogen-bond donors (Lipinski definition) is 2. The summed E-state index contributed by atoms with van der Waals surface area (Å²) in [5.74, 6) is -1.59. The van der Waals surface area contributed by atoms with Crippen molar-refractivity contribution in [1.82, 2.24) is 9.97 Å². The lowest BCUT2D eigenvalue weighted by molar-refractivity contribution is 0.0697. The second-order valence-corrected chi connectivity index (χ2v) is 3.40. The van der Waals surface area contributed by atoms with Crippen molar-refractivity contribution in [3.8, 4) is 0 Å². The van der Waals surface area contributed by atoms with E-state index in [2.05, 4.69) is 15.3 Å². The molecule has 0 aliphatic rings. The minimum atomic E-state index is -1.15. The summed E-state index contributed by atoms with van der Waals surface area (Å²) in [5, 5.41) is 11.4. The van der Waals surface area contributed by atoms with Gasteiger partial charge in [-0.15, -0.1) is 0 Å². The van der Waals surface area contributed by atoms with Crippen molar-refractivity contribution < 1.29 is 14.7 Å². The molecule has 0 spiro atoms. The zero-order valence-corrected chi connectivity index (χ0v) is 9.20. The smallest absolute Gasteiger partial charge is 0.339 e. The number of rotatable bonds is 3. The third-order valence-electron chi connectivity index (χ3n) is 2.19. The zero-order valence-electron chi connectivity index (χ0n) is 9.20. The number of carboxylic acids is 1. The molecule has 0 aliphatic carbocycles. The highest BCUT2D eigenvalue weighted by molar-refractivity contribution is 6.06. The molecular formula is C12H9N3O3. The highest BCUT2D eigenvalue weighted by Crippen LogP contribution is 2.12. The summed E-state index contributed by atoms with van der Waals surface area (Å²) in [6, 6.07) is 6.05. The van der Waals surface area contributed by atoms with Crippen LogP contribution in [0.2, 0.25) is 0 Å². The average Bonchev–Trinajstić information content (AvgIpc) is 2.40. The monoisotopic (exact) mass is 243 g/mol. The first-order valence-corrected chi connectivity index (χ1v) is 5.08. The zero-order chi connectivity index (χ0) is 13.0. The Bertz CT molecular complexity index is 584. The number of pyridine rings is 2. The Morgan fingerprint density at radius 1 is 1.17 bits per heavy atom. The van der Waals surface area contributed by atoms with Crippen LogP contribution in [0.25, 0.3) is 0 Å². The van der Waals surface area contributed by atoms with Crippen molar-refractivity contribution in [1.29, 1.82) is 0 Å². The van der Waals surface area contributed by atoms with Crippen LogP contribution in [0.5, 0.6) is 0 Å². The number of aromatic nitrogens is 2. The summed E-state index contributed by atoms with van der Waals surface area (Å²) in [7, 11) is 0. The van der Waals surface area contributed by atoms with Gasteiger partial charge in [0.05, 0.1) is 5.56 Å². The van der Waals surface area contributed by atoms with Gasteiger partial charge in [-0.3, -0.25) is 9.78 Å². The molecule has 2 aromatic rings. The van der Waals surface area contributed by atoms with Gasteiger partial charge in [0, 0.05) is 18.6 Å². The van der Waals surface area contributed by atoms with Crippen LogP contribution >= 0.6 is 0 Å². The molecule has 0 saturated carbocycles. The molecule has 0 saturated heterocycles. The number of carbonyl (C=O) groups excluding carboxylic acids is 1. The molecule has 2 heterocycles. The first-order chi connectivity index (χ1) is 8.68. The van der Waals surface area contributed by atoms with Crippen LogP contribution < -0.4 is 5.32 Å².